The minimum absolute atomic E-state index is 0.124. The van der Waals surface area contributed by atoms with Crippen molar-refractivity contribution >= 4 is 16.8 Å². The van der Waals surface area contributed by atoms with Gasteiger partial charge < -0.3 is 5.11 Å². The van der Waals surface area contributed by atoms with Crippen LogP contribution in [0.5, 0.6) is 0 Å². The van der Waals surface area contributed by atoms with E-state index in [-0.39, 0.29) is 17.0 Å². The quantitative estimate of drug-likeness (QED) is 0.901. The molecule has 1 saturated carbocycles. The molecule has 0 saturated heterocycles. The maximum absolute atomic E-state index is 12.7. The van der Waals surface area contributed by atoms with E-state index in [0.717, 1.165) is 0 Å². The Kier molecular flexibility index (Phi) is 3.57. The molecule has 1 aliphatic rings. The molecule has 0 spiro atoms. The zero-order valence-electron chi connectivity index (χ0n) is 9.14. The molecule has 1 aromatic carbocycles. The van der Waals surface area contributed by atoms with Crippen molar-refractivity contribution in [3.8, 4) is 0 Å². The van der Waals surface area contributed by atoms with Gasteiger partial charge in [-0.15, -0.1) is 0 Å². The second kappa shape index (κ2) is 4.96. The molecule has 1 N–H and O–H groups in total. The van der Waals surface area contributed by atoms with Gasteiger partial charge in [0.1, 0.15) is 5.82 Å². The first kappa shape index (κ1) is 12.2. The molecule has 0 bridgehead atoms. The van der Waals surface area contributed by atoms with Crippen LogP contribution in [0.4, 0.5) is 4.39 Å². The Labute approximate surface area is 101 Å². The molecule has 3 atom stereocenters. The van der Waals surface area contributed by atoms with Crippen molar-refractivity contribution in [2.75, 3.05) is 0 Å². The van der Waals surface area contributed by atoms with E-state index in [0.29, 0.717) is 24.2 Å². The molecule has 92 valence electrons. The Hall–Kier alpha value is -1.23. The summed E-state index contributed by atoms with van der Waals surface area (Å²) in [7, 11) is -1.23. The summed E-state index contributed by atoms with van der Waals surface area (Å²) in [5.41, 5.74) is 0. The van der Waals surface area contributed by atoms with E-state index in [1.165, 1.54) is 24.3 Å². The number of carboxylic acid groups (broad SMARTS) is 1. The van der Waals surface area contributed by atoms with Crippen LogP contribution in [0.3, 0.4) is 0 Å². The van der Waals surface area contributed by atoms with Gasteiger partial charge in [-0.25, -0.2) is 4.39 Å². The lowest BCUT2D eigenvalue weighted by Gasteiger charge is -2.09. The van der Waals surface area contributed by atoms with Crippen LogP contribution >= 0.6 is 0 Å². The van der Waals surface area contributed by atoms with Crippen LogP contribution in [-0.2, 0) is 15.6 Å². The summed E-state index contributed by atoms with van der Waals surface area (Å²) < 4.78 is 24.8. The van der Waals surface area contributed by atoms with Gasteiger partial charge in [0, 0.05) is 10.1 Å². The Morgan fingerprint density at radius 1 is 1.29 bits per heavy atom. The number of rotatable bonds is 3. The van der Waals surface area contributed by atoms with E-state index in [4.69, 9.17) is 5.11 Å². The van der Waals surface area contributed by atoms with Gasteiger partial charge >= 0.3 is 5.97 Å². The van der Waals surface area contributed by atoms with Crippen LogP contribution < -0.4 is 0 Å². The fourth-order valence-electron chi connectivity index (χ4n) is 2.12. The van der Waals surface area contributed by atoms with Crippen LogP contribution in [0, 0.1) is 11.7 Å². The Bertz CT molecular complexity index is 444. The lowest BCUT2D eigenvalue weighted by Crippen LogP contribution is -2.15. The highest BCUT2D eigenvalue weighted by Gasteiger charge is 2.33. The Balaban J connectivity index is 2.07. The van der Waals surface area contributed by atoms with E-state index in [1.807, 2.05) is 0 Å². The number of aliphatic carboxylic acids is 1. The third kappa shape index (κ3) is 2.72. The van der Waals surface area contributed by atoms with Crippen LogP contribution in [-0.4, -0.2) is 20.5 Å². The SMILES string of the molecule is O=C(O)C1CC[C@@H](S(=O)c2ccc(F)cc2)C1. The van der Waals surface area contributed by atoms with Crippen molar-refractivity contribution in [2.45, 2.75) is 29.4 Å². The van der Waals surface area contributed by atoms with E-state index in [9.17, 15) is 13.4 Å². The fourth-order valence-corrected chi connectivity index (χ4v) is 3.67. The number of carboxylic acids is 1. The molecule has 0 aliphatic heterocycles. The first-order valence-corrected chi connectivity index (χ1v) is 6.68. The van der Waals surface area contributed by atoms with Gasteiger partial charge in [-0.1, -0.05) is 0 Å². The average molecular weight is 256 g/mol. The summed E-state index contributed by atoms with van der Waals surface area (Å²) in [6, 6.07) is 5.55. The summed E-state index contributed by atoms with van der Waals surface area (Å²) in [5.74, 6) is -1.56. The molecular formula is C12H13FO3S. The highest BCUT2D eigenvalue weighted by atomic mass is 32.2. The molecule has 1 fully saturated rings. The zero-order valence-corrected chi connectivity index (χ0v) is 9.95. The van der Waals surface area contributed by atoms with Crippen LogP contribution in [0.25, 0.3) is 0 Å². The van der Waals surface area contributed by atoms with Gasteiger partial charge in [0.2, 0.25) is 0 Å². The monoisotopic (exact) mass is 256 g/mol. The van der Waals surface area contributed by atoms with Crippen LogP contribution in [0.1, 0.15) is 19.3 Å². The van der Waals surface area contributed by atoms with Gasteiger partial charge in [-0.05, 0) is 43.5 Å². The molecule has 0 radical (unpaired) electrons. The van der Waals surface area contributed by atoms with Gasteiger partial charge in [0.05, 0.1) is 16.7 Å². The average Bonchev–Trinajstić information content (AvgIpc) is 2.78. The lowest BCUT2D eigenvalue weighted by atomic mass is 10.1. The van der Waals surface area contributed by atoms with E-state index < -0.39 is 16.8 Å². The van der Waals surface area contributed by atoms with Crippen molar-refractivity contribution in [1.29, 1.82) is 0 Å². The van der Waals surface area contributed by atoms with Crippen LogP contribution in [0.2, 0.25) is 0 Å². The van der Waals surface area contributed by atoms with Crippen LogP contribution in [0.15, 0.2) is 29.2 Å². The topological polar surface area (TPSA) is 54.4 Å². The summed E-state index contributed by atoms with van der Waals surface area (Å²) in [4.78, 5) is 11.4. The smallest absolute Gasteiger partial charge is 0.306 e. The highest BCUT2D eigenvalue weighted by molar-refractivity contribution is 7.85. The molecule has 1 aromatic rings. The minimum atomic E-state index is -1.23. The Morgan fingerprint density at radius 2 is 1.94 bits per heavy atom. The van der Waals surface area contributed by atoms with Gasteiger partial charge in [0.25, 0.3) is 0 Å². The largest absolute Gasteiger partial charge is 0.481 e. The maximum Gasteiger partial charge on any atom is 0.306 e. The van der Waals surface area contributed by atoms with Gasteiger partial charge in [-0.2, -0.15) is 0 Å². The predicted molar refractivity (Wildman–Crippen MR) is 61.6 cm³/mol. The van der Waals surface area contributed by atoms with Crippen molar-refractivity contribution < 1.29 is 18.5 Å². The Morgan fingerprint density at radius 3 is 2.47 bits per heavy atom. The van der Waals surface area contributed by atoms with Crippen molar-refractivity contribution in [3.63, 3.8) is 0 Å². The number of hydrogen-bond donors (Lipinski definition) is 1. The molecule has 5 heteroatoms. The second-order valence-electron chi connectivity index (χ2n) is 4.22. The van der Waals surface area contributed by atoms with Crippen molar-refractivity contribution in [3.05, 3.63) is 30.1 Å². The van der Waals surface area contributed by atoms with Crippen molar-refractivity contribution in [2.24, 2.45) is 5.92 Å². The standard InChI is InChI=1S/C12H13FO3S/c13-9-2-5-10(6-3-9)17(16)11-4-1-8(7-11)12(14)15/h2-3,5-6,8,11H,1,4,7H2,(H,14,15)/t8?,11-,17?/m1/s1. The first-order chi connectivity index (χ1) is 8.08. The molecule has 3 nitrogen and oxygen atoms in total. The molecule has 0 aromatic heterocycles. The summed E-state index contributed by atoms with van der Waals surface area (Å²) in [5, 5.41) is 8.75. The van der Waals surface area contributed by atoms with Gasteiger partial charge in [0.15, 0.2) is 0 Å². The van der Waals surface area contributed by atoms with E-state index in [2.05, 4.69) is 0 Å². The first-order valence-electron chi connectivity index (χ1n) is 5.47. The molecule has 2 unspecified atom stereocenters. The molecule has 17 heavy (non-hydrogen) atoms. The molecule has 2 rings (SSSR count). The zero-order chi connectivity index (χ0) is 12.4. The molecule has 1 aliphatic carbocycles. The molecule has 0 heterocycles. The number of benzene rings is 1. The highest BCUT2D eigenvalue weighted by Crippen LogP contribution is 2.31. The van der Waals surface area contributed by atoms with Gasteiger partial charge in [-0.3, -0.25) is 9.00 Å². The predicted octanol–water partition coefficient (Wildman–Crippen LogP) is 2.19. The maximum atomic E-state index is 12.7. The fraction of sp³-hybridized carbons (Fsp3) is 0.417. The molecule has 0 amide bonds. The normalized spacial score (nSPS) is 25.7. The van der Waals surface area contributed by atoms with Crippen molar-refractivity contribution in [1.82, 2.24) is 0 Å². The summed E-state index contributed by atoms with van der Waals surface area (Å²) in [6.45, 7) is 0. The number of halogens is 1. The number of hydrogen-bond acceptors (Lipinski definition) is 2. The third-order valence-electron chi connectivity index (χ3n) is 3.08. The van der Waals surface area contributed by atoms with E-state index in [1.54, 1.807) is 0 Å². The summed E-state index contributed by atoms with van der Waals surface area (Å²) in [6.07, 6.45) is 1.67. The van der Waals surface area contributed by atoms with E-state index >= 15 is 0 Å². The minimum Gasteiger partial charge on any atom is -0.481 e. The third-order valence-corrected chi connectivity index (χ3v) is 4.85. The summed E-state index contributed by atoms with van der Waals surface area (Å²) >= 11 is 0. The second-order valence-corrected chi connectivity index (χ2v) is 5.95. The lowest BCUT2D eigenvalue weighted by molar-refractivity contribution is -0.141. The molecular weight excluding hydrogens is 243 g/mol. The number of carbonyl (C=O) groups is 1.